The van der Waals surface area contributed by atoms with Crippen LogP contribution in [0.5, 0.6) is 0 Å². The van der Waals surface area contributed by atoms with Gasteiger partial charge in [0.15, 0.2) is 6.29 Å². The molecule has 0 aliphatic heterocycles. The third-order valence-corrected chi connectivity index (χ3v) is 2.63. The van der Waals surface area contributed by atoms with E-state index in [1.54, 1.807) is 6.07 Å². The summed E-state index contributed by atoms with van der Waals surface area (Å²) >= 11 is 0. The number of hydrogen-bond donors (Lipinski definition) is 0. The number of methoxy groups -OCH3 is 2. The molecule has 0 fully saturated rings. The molecule has 1 aromatic carbocycles. The number of nitro groups is 1. The molecule has 0 aromatic heterocycles. The molecule has 0 saturated carbocycles. The van der Waals surface area contributed by atoms with Gasteiger partial charge in [0, 0.05) is 27.3 Å². The van der Waals surface area contributed by atoms with Crippen molar-refractivity contribution in [3.05, 3.63) is 39.9 Å². The lowest BCUT2D eigenvalue weighted by Gasteiger charge is -2.22. The molecular formula is C12H16N2O5. The maximum absolute atomic E-state index is 12.1. The third-order valence-electron chi connectivity index (χ3n) is 2.63. The van der Waals surface area contributed by atoms with Crippen molar-refractivity contribution in [2.75, 3.05) is 27.8 Å². The largest absolute Gasteiger partial charge is 0.354 e. The SMILES string of the molecule is COC(CN(C)C(=O)c1ccccc1[N+](=O)[O-])OC. The molecule has 1 amide bonds. The van der Waals surface area contributed by atoms with Crippen molar-refractivity contribution in [1.29, 1.82) is 0 Å². The second-order valence-electron chi connectivity index (χ2n) is 3.86. The second kappa shape index (κ2) is 6.81. The van der Waals surface area contributed by atoms with Crippen LogP contribution in [0, 0.1) is 10.1 Å². The Morgan fingerprint density at radius 2 is 1.95 bits per heavy atom. The van der Waals surface area contributed by atoms with E-state index in [4.69, 9.17) is 9.47 Å². The standard InChI is InChI=1S/C12H16N2O5/c1-13(8-11(18-2)19-3)12(15)9-6-4-5-7-10(9)14(16)17/h4-7,11H,8H2,1-3H3. The van der Waals surface area contributed by atoms with Crippen molar-refractivity contribution in [2.45, 2.75) is 6.29 Å². The van der Waals surface area contributed by atoms with Crippen LogP contribution < -0.4 is 0 Å². The number of ether oxygens (including phenoxy) is 2. The number of benzene rings is 1. The molecule has 1 aromatic rings. The zero-order valence-corrected chi connectivity index (χ0v) is 11.0. The normalized spacial score (nSPS) is 10.5. The highest BCUT2D eigenvalue weighted by molar-refractivity contribution is 5.97. The van der Waals surface area contributed by atoms with Crippen molar-refractivity contribution in [3.8, 4) is 0 Å². The van der Waals surface area contributed by atoms with Crippen LogP contribution in [0.25, 0.3) is 0 Å². The number of carbonyl (C=O) groups excluding carboxylic acids is 1. The fourth-order valence-corrected chi connectivity index (χ4v) is 1.57. The highest BCUT2D eigenvalue weighted by atomic mass is 16.7. The van der Waals surface area contributed by atoms with Gasteiger partial charge < -0.3 is 14.4 Å². The van der Waals surface area contributed by atoms with Crippen LogP contribution in [0.4, 0.5) is 5.69 Å². The Bertz CT molecular complexity index is 459. The molecule has 0 heterocycles. The number of para-hydroxylation sites is 1. The van der Waals surface area contributed by atoms with Gasteiger partial charge in [-0.05, 0) is 6.07 Å². The van der Waals surface area contributed by atoms with Crippen LogP contribution in [0.15, 0.2) is 24.3 Å². The number of hydrogen-bond acceptors (Lipinski definition) is 5. The number of rotatable bonds is 6. The minimum Gasteiger partial charge on any atom is -0.354 e. The maximum Gasteiger partial charge on any atom is 0.282 e. The van der Waals surface area contributed by atoms with Crippen molar-refractivity contribution in [3.63, 3.8) is 0 Å². The molecule has 104 valence electrons. The van der Waals surface area contributed by atoms with E-state index in [2.05, 4.69) is 0 Å². The van der Waals surface area contributed by atoms with E-state index in [0.29, 0.717) is 0 Å². The Morgan fingerprint density at radius 1 is 1.37 bits per heavy atom. The molecule has 0 bridgehead atoms. The fraction of sp³-hybridized carbons (Fsp3) is 0.417. The van der Waals surface area contributed by atoms with Crippen LogP contribution in [0.3, 0.4) is 0 Å². The van der Waals surface area contributed by atoms with Gasteiger partial charge in [-0.3, -0.25) is 14.9 Å². The Kier molecular flexibility index (Phi) is 5.40. The molecule has 0 spiro atoms. The van der Waals surface area contributed by atoms with Crippen molar-refractivity contribution in [2.24, 2.45) is 0 Å². The van der Waals surface area contributed by atoms with Crippen molar-refractivity contribution < 1.29 is 19.2 Å². The summed E-state index contributed by atoms with van der Waals surface area (Å²) in [4.78, 5) is 23.8. The van der Waals surface area contributed by atoms with Crippen LogP contribution in [-0.4, -0.2) is 49.8 Å². The average molecular weight is 268 g/mol. The monoisotopic (exact) mass is 268 g/mol. The Labute approximate surface area is 110 Å². The van der Waals surface area contributed by atoms with E-state index in [0.717, 1.165) is 0 Å². The molecule has 0 unspecified atom stereocenters. The van der Waals surface area contributed by atoms with E-state index in [9.17, 15) is 14.9 Å². The summed E-state index contributed by atoms with van der Waals surface area (Å²) in [6, 6.07) is 5.82. The van der Waals surface area contributed by atoms with Crippen LogP contribution >= 0.6 is 0 Å². The Balaban J connectivity index is 2.91. The van der Waals surface area contributed by atoms with Crippen molar-refractivity contribution in [1.82, 2.24) is 4.90 Å². The average Bonchev–Trinajstić information content (AvgIpc) is 2.43. The lowest BCUT2D eigenvalue weighted by atomic mass is 10.1. The quantitative estimate of drug-likeness (QED) is 0.441. The fourth-order valence-electron chi connectivity index (χ4n) is 1.57. The molecular weight excluding hydrogens is 252 g/mol. The Hall–Kier alpha value is -1.99. The van der Waals surface area contributed by atoms with Crippen LogP contribution in [-0.2, 0) is 9.47 Å². The molecule has 7 heteroatoms. The maximum atomic E-state index is 12.1. The number of nitro benzene ring substituents is 1. The second-order valence-corrected chi connectivity index (χ2v) is 3.86. The first-order chi connectivity index (χ1) is 9.01. The summed E-state index contributed by atoms with van der Waals surface area (Å²) in [6.45, 7) is 0.178. The number of amides is 1. The van der Waals surface area contributed by atoms with Gasteiger partial charge >= 0.3 is 0 Å². The first-order valence-electron chi connectivity index (χ1n) is 5.55. The van der Waals surface area contributed by atoms with E-state index >= 15 is 0 Å². The van der Waals surface area contributed by atoms with Crippen LogP contribution in [0.1, 0.15) is 10.4 Å². The predicted octanol–water partition coefficient (Wildman–Crippen LogP) is 1.29. The molecule has 0 N–H and O–H groups in total. The molecule has 0 aliphatic carbocycles. The number of nitrogens with zero attached hydrogens (tertiary/aromatic N) is 2. The van der Waals surface area contributed by atoms with E-state index in [-0.39, 0.29) is 17.8 Å². The molecule has 0 aliphatic rings. The smallest absolute Gasteiger partial charge is 0.282 e. The molecule has 0 atom stereocenters. The van der Waals surface area contributed by atoms with Gasteiger partial charge in [-0.1, -0.05) is 12.1 Å². The summed E-state index contributed by atoms with van der Waals surface area (Å²) in [5.41, 5.74) is -0.174. The summed E-state index contributed by atoms with van der Waals surface area (Å²) < 4.78 is 9.97. The predicted molar refractivity (Wildman–Crippen MR) is 67.9 cm³/mol. The minimum atomic E-state index is -0.578. The third kappa shape index (κ3) is 3.73. The zero-order valence-electron chi connectivity index (χ0n) is 11.0. The lowest BCUT2D eigenvalue weighted by molar-refractivity contribution is -0.385. The molecule has 0 radical (unpaired) electrons. The topological polar surface area (TPSA) is 81.9 Å². The minimum absolute atomic E-state index is 0.0426. The molecule has 0 saturated heterocycles. The summed E-state index contributed by atoms with van der Waals surface area (Å²) in [7, 11) is 4.44. The first kappa shape index (κ1) is 15.1. The summed E-state index contributed by atoms with van der Waals surface area (Å²) in [5.74, 6) is -0.452. The number of likely N-dealkylation sites (N-methyl/N-ethyl adjacent to an activating group) is 1. The van der Waals surface area contributed by atoms with Crippen LogP contribution in [0.2, 0.25) is 0 Å². The number of carbonyl (C=O) groups is 1. The van der Waals surface area contributed by atoms with E-state index in [1.165, 1.54) is 44.4 Å². The van der Waals surface area contributed by atoms with Gasteiger partial charge in [-0.15, -0.1) is 0 Å². The summed E-state index contributed by atoms with van der Waals surface area (Å²) in [6.07, 6.45) is -0.572. The van der Waals surface area contributed by atoms with Gasteiger partial charge in [-0.25, -0.2) is 0 Å². The zero-order chi connectivity index (χ0) is 14.4. The summed E-state index contributed by atoms with van der Waals surface area (Å²) in [5, 5.41) is 10.9. The van der Waals surface area contributed by atoms with Crippen molar-refractivity contribution >= 4 is 11.6 Å². The molecule has 7 nitrogen and oxygen atoms in total. The highest BCUT2D eigenvalue weighted by Gasteiger charge is 2.23. The highest BCUT2D eigenvalue weighted by Crippen LogP contribution is 2.19. The first-order valence-corrected chi connectivity index (χ1v) is 5.55. The molecule has 19 heavy (non-hydrogen) atoms. The lowest BCUT2D eigenvalue weighted by Crippen LogP contribution is -2.36. The van der Waals surface area contributed by atoms with E-state index < -0.39 is 17.1 Å². The van der Waals surface area contributed by atoms with Gasteiger partial charge in [0.1, 0.15) is 5.56 Å². The Morgan fingerprint density at radius 3 is 2.47 bits per heavy atom. The van der Waals surface area contributed by atoms with Gasteiger partial charge in [0.2, 0.25) is 0 Å². The van der Waals surface area contributed by atoms with Gasteiger partial charge in [-0.2, -0.15) is 0 Å². The molecule has 1 rings (SSSR count). The van der Waals surface area contributed by atoms with E-state index in [1.807, 2.05) is 0 Å². The van der Waals surface area contributed by atoms with Gasteiger partial charge in [0.25, 0.3) is 11.6 Å². The van der Waals surface area contributed by atoms with Gasteiger partial charge in [0.05, 0.1) is 11.5 Å².